The molecule has 0 saturated carbocycles. The molecule has 1 aliphatic heterocycles. The molecule has 0 amide bonds. The molecular weight excluding hydrogens is 244 g/mol. The van der Waals surface area contributed by atoms with Crippen molar-refractivity contribution in [2.75, 3.05) is 4.90 Å². The summed E-state index contributed by atoms with van der Waals surface area (Å²) < 4.78 is 2.23. The number of benzene rings is 1. The number of hydrogen-bond acceptors (Lipinski definition) is 1. The SMILES string of the molecule is Cc1ccccc1N1C2CC(C)(c3cn(C)cc32)C1C. The third-order valence-electron chi connectivity index (χ3n) is 5.65. The molecule has 2 aliphatic rings. The maximum atomic E-state index is 2.65. The van der Waals surface area contributed by atoms with Crippen molar-refractivity contribution in [3.05, 3.63) is 53.3 Å². The predicted molar refractivity (Wildman–Crippen MR) is 83.2 cm³/mol. The first kappa shape index (κ1) is 12.1. The van der Waals surface area contributed by atoms with Crippen molar-refractivity contribution in [1.29, 1.82) is 0 Å². The summed E-state index contributed by atoms with van der Waals surface area (Å²) in [6, 6.07) is 9.90. The zero-order valence-electron chi connectivity index (χ0n) is 12.7. The van der Waals surface area contributed by atoms with Crippen LogP contribution >= 0.6 is 0 Å². The minimum Gasteiger partial charge on any atom is -0.361 e. The highest BCUT2D eigenvalue weighted by atomic mass is 15.3. The molecule has 0 N–H and O–H groups in total. The van der Waals surface area contributed by atoms with E-state index in [1.807, 2.05) is 0 Å². The van der Waals surface area contributed by atoms with Crippen molar-refractivity contribution < 1.29 is 0 Å². The lowest BCUT2D eigenvalue weighted by Crippen LogP contribution is -2.42. The minimum atomic E-state index is 0.295. The average Bonchev–Trinajstić information content (AvgIpc) is 2.99. The van der Waals surface area contributed by atoms with Gasteiger partial charge in [0, 0.05) is 36.6 Å². The second-order valence-corrected chi connectivity index (χ2v) is 6.80. The summed E-state index contributed by atoms with van der Waals surface area (Å²) in [5.74, 6) is 0. The van der Waals surface area contributed by atoms with Crippen molar-refractivity contribution in [2.24, 2.45) is 7.05 Å². The molecule has 1 aromatic carbocycles. The molecule has 2 aromatic rings. The molecule has 1 aromatic heterocycles. The fourth-order valence-corrected chi connectivity index (χ4v) is 4.42. The Kier molecular flexibility index (Phi) is 2.23. The number of anilines is 1. The average molecular weight is 266 g/mol. The summed E-state index contributed by atoms with van der Waals surface area (Å²) >= 11 is 0. The lowest BCUT2D eigenvalue weighted by Gasteiger charge is -2.40. The first-order valence-corrected chi connectivity index (χ1v) is 7.52. The number of aryl methyl sites for hydroxylation is 2. The van der Waals surface area contributed by atoms with Crippen LogP contribution in [0.2, 0.25) is 0 Å². The maximum absolute atomic E-state index is 2.65. The monoisotopic (exact) mass is 266 g/mol. The number of para-hydroxylation sites is 1. The Morgan fingerprint density at radius 1 is 1.20 bits per heavy atom. The van der Waals surface area contributed by atoms with Gasteiger partial charge in [-0.25, -0.2) is 0 Å². The zero-order chi connectivity index (χ0) is 14.1. The summed E-state index contributed by atoms with van der Waals surface area (Å²) in [4.78, 5) is 2.65. The molecule has 2 heteroatoms. The Hall–Kier alpha value is -1.70. The van der Waals surface area contributed by atoms with Crippen LogP contribution in [0.1, 0.15) is 43.0 Å². The van der Waals surface area contributed by atoms with Gasteiger partial charge in [-0.3, -0.25) is 0 Å². The first-order chi connectivity index (χ1) is 9.52. The summed E-state index contributed by atoms with van der Waals surface area (Å²) in [6.07, 6.45) is 5.91. The second-order valence-electron chi connectivity index (χ2n) is 6.80. The Labute approximate surface area is 121 Å². The highest BCUT2D eigenvalue weighted by Gasteiger charge is 2.56. The lowest BCUT2D eigenvalue weighted by molar-refractivity contribution is 0.449. The van der Waals surface area contributed by atoms with E-state index in [1.54, 1.807) is 5.56 Å². The van der Waals surface area contributed by atoms with Gasteiger partial charge in [-0.05, 0) is 43.0 Å². The highest BCUT2D eigenvalue weighted by Crippen LogP contribution is 2.59. The van der Waals surface area contributed by atoms with Crippen LogP contribution in [0.3, 0.4) is 0 Å². The van der Waals surface area contributed by atoms with Gasteiger partial charge in [-0.1, -0.05) is 25.1 Å². The van der Waals surface area contributed by atoms with Crippen molar-refractivity contribution in [1.82, 2.24) is 4.57 Å². The van der Waals surface area contributed by atoms with E-state index < -0.39 is 0 Å². The molecule has 4 rings (SSSR count). The third kappa shape index (κ3) is 1.29. The van der Waals surface area contributed by atoms with Crippen LogP contribution < -0.4 is 4.90 Å². The van der Waals surface area contributed by atoms with Crippen LogP contribution in [-0.4, -0.2) is 10.6 Å². The summed E-state index contributed by atoms with van der Waals surface area (Å²) in [5.41, 5.74) is 6.19. The maximum Gasteiger partial charge on any atom is 0.0573 e. The van der Waals surface area contributed by atoms with Gasteiger partial charge in [0.05, 0.1) is 6.04 Å². The number of fused-ring (bicyclic) bond motifs is 5. The third-order valence-corrected chi connectivity index (χ3v) is 5.65. The van der Waals surface area contributed by atoms with Crippen molar-refractivity contribution >= 4 is 5.69 Å². The summed E-state index contributed by atoms with van der Waals surface area (Å²) in [6.45, 7) is 7.05. The molecule has 20 heavy (non-hydrogen) atoms. The summed E-state index contributed by atoms with van der Waals surface area (Å²) in [7, 11) is 2.14. The topological polar surface area (TPSA) is 8.17 Å². The smallest absolute Gasteiger partial charge is 0.0573 e. The molecule has 1 saturated heterocycles. The van der Waals surface area contributed by atoms with Crippen LogP contribution in [0.25, 0.3) is 0 Å². The highest BCUT2D eigenvalue weighted by molar-refractivity contribution is 5.63. The van der Waals surface area contributed by atoms with E-state index in [0.29, 0.717) is 17.5 Å². The van der Waals surface area contributed by atoms with Crippen LogP contribution in [0.15, 0.2) is 36.7 Å². The molecular formula is C18H22N2. The number of aromatic nitrogens is 1. The molecule has 104 valence electrons. The number of nitrogens with zero attached hydrogens (tertiary/aromatic N) is 2. The van der Waals surface area contributed by atoms with Gasteiger partial charge in [0.15, 0.2) is 0 Å². The van der Waals surface area contributed by atoms with E-state index >= 15 is 0 Å². The Morgan fingerprint density at radius 3 is 2.70 bits per heavy atom. The van der Waals surface area contributed by atoms with Gasteiger partial charge in [0.1, 0.15) is 0 Å². The predicted octanol–water partition coefficient (Wildman–Crippen LogP) is 3.94. The molecule has 3 atom stereocenters. The van der Waals surface area contributed by atoms with E-state index in [4.69, 9.17) is 0 Å². The second kappa shape index (κ2) is 3.69. The zero-order valence-corrected chi connectivity index (χ0v) is 12.7. The van der Waals surface area contributed by atoms with E-state index in [0.717, 1.165) is 0 Å². The van der Waals surface area contributed by atoms with Crippen molar-refractivity contribution in [2.45, 2.75) is 44.7 Å². The van der Waals surface area contributed by atoms with Gasteiger partial charge in [-0.15, -0.1) is 0 Å². The quantitative estimate of drug-likeness (QED) is 0.759. The molecule has 0 radical (unpaired) electrons. The Morgan fingerprint density at radius 2 is 1.95 bits per heavy atom. The van der Waals surface area contributed by atoms with Crippen LogP contribution in [0, 0.1) is 6.92 Å². The largest absolute Gasteiger partial charge is 0.361 e. The minimum absolute atomic E-state index is 0.295. The molecule has 2 heterocycles. The molecule has 1 fully saturated rings. The molecule has 3 unspecified atom stereocenters. The molecule has 1 aliphatic carbocycles. The fraction of sp³-hybridized carbons (Fsp3) is 0.444. The Bertz CT molecular complexity index is 684. The van der Waals surface area contributed by atoms with E-state index in [9.17, 15) is 0 Å². The standard InChI is InChI=1S/C18H22N2/c1-12-7-5-6-8-16(12)20-13(2)18(3)9-17(20)14-10-19(4)11-15(14)18/h5-8,10-11,13,17H,9H2,1-4H3. The normalized spacial score (nSPS) is 30.9. The molecule has 0 spiro atoms. The van der Waals surface area contributed by atoms with Gasteiger partial charge in [-0.2, -0.15) is 0 Å². The van der Waals surface area contributed by atoms with Gasteiger partial charge in [0.2, 0.25) is 0 Å². The number of hydrogen-bond donors (Lipinski definition) is 0. The summed E-state index contributed by atoms with van der Waals surface area (Å²) in [5, 5.41) is 0. The Balaban J connectivity index is 1.88. The van der Waals surface area contributed by atoms with Crippen LogP contribution in [0.4, 0.5) is 5.69 Å². The van der Waals surface area contributed by atoms with E-state index in [1.165, 1.54) is 23.2 Å². The molecule has 2 nitrogen and oxygen atoms in total. The lowest BCUT2D eigenvalue weighted by atomic mass is 9.79. The van der Waals surface area contributed by atoms with Gasteiger partial charge >= 0.3 is 0 Å². The first-order valence-electron chi connectivity index (χ1n) is 7.52. The fourth-order valence-electron chi connectivity index (χ4n) is 4.42. The van der Waals surface area contributed by atoms with Crippen molar-refractivity contribution in [3.63, 3.8) is 0 Å². The van der Waals surface area contributed by atoms with Gasteiger partial charge in [0.25, 0.3) is 0 Å². The number of rotatable bonds is 1. The van der Waals surface area contributed by atoms with Crippen LogP contribution in [-0.2, 0) is 12.5 Å². The van der Waals surface area contributed by atoms with Crippen molar-refractivity contribution in [3.8, 4) is 0 Å². The van der Waals surface area contributed by atoms with E-state index in [-0.39, 0.29) is 0 Å². The van der Waals surface area contributed by atoms with E-state index in [2.05, 4.69) is 73.9 Å². The molecule has 2 bridgehead atoms. The van der Waals surface area contributed by atoms with Crippen LogP contribution in [0.5, 0.6) is 0 Å². The van der Waals surface area contributed by atoms with Gasteiger partial charge < -0.3 is 9.47 Å².